The zero-order valence-electron chi connectivity index (χ0n) is 50.0. The first-order valence-electron chi connectivity index (χ1n) is 28.5. The zero-order chi connectivity index (χ0) is 56.7. The second kappa shape index (κ2) is 21.3. The number of hydrogen-bond donors (Lipinski definition) is 0. The molecule has 5 nitrogen and oxygen atoms in total. The molecule has 0 N–H and O–H groups in total. The third-order valence-electron chi connectivity index (χ3n) is 15.6. The van der Waals surface area contributed by atoms with Gasteiger partial charge in [0.2, 0.25) is 0 Å². The van der Waals surface area contributed by atoms with E-state index in [1.807, 2.05) is 18.3 Å². The maximum absolute atomic E-state index is 6.84. The van der Waals surface area contributed by atoms with E-state index in [-0.39, 0.29) is 48.1 Å². The molecule has 2 aromatic heterocycles. The Balaban J connectivity index is 0.00000736. The van der Waals surface area contributed by atoms with Crippen molar-refractivity contribution in [3.8, 4) is 50.7 Å². The van der Waals surface area contributed by atoms with E-state index >= 15 is 0 Å². The van der Waals surface area contributed by atoms with Crippen LogP contribution in [0.3, 0.4) is 0 Å². The summed E-state index contributed by atoms with van der Waals surface area (Å²) in [5, 5.41) is 2.23. The van der Waals surface area contributed by atoms with Crippen LogP contribution in [0.1, 0.15) is 132 Å². The third kappa shape index (κ3) is 11.4. The second-order valence-electron chi connectivity index (χ2n) is 27.3. The van der Waals surface area contributed by atoms with E-state index in [0.29, 0.717) is 11.5 Å². The van der Waals surface area contributed by atoms with Gasteiger partial charge in [-0.25, -0.2) is 4.98 Å². The first kappa shape index (κ1) is 57.0. The molecule has 0 unspecified atom stereocenters. The number of pyridine rings is 1. The fourth-order valence-electron chi connectivity index (χ4n) is 11.6. The molecule has 1 aliphatic heterocycles. The fourth-order valence-corrected chi connectivity index (χ4v) is 11.6. The summed E-state index contributed by atoms with van der Waals surface area (Å²) in [6.07, 6.45) is 2.84. The Labute approximate surface area is 497 Å². The number of benzene rings is 8. The minimum atomic E-state index is -0.148. The molecule has 11 rings (SSSR count). The number of hydrogen-bond acceptors (Lipinski definition) is 4. The van der Waals surface area contributed by atoms with Crippen LogP contribution < -0.4 is 14.5 Å². The van der Waals surface area contributed by atoms with Crippen molar-refractivity contribution in [1.29, 1.82) is 0 Å². The Morgan fingerprint density at radius 1 is 0.469 bits per heavy atom. The Bertz CT molecular complexity index is 3960. The third-order valence-corrected chi connectivity index (χ3v) is 15.6. The van der Waals surface area contributed by atoms with Crippen molar-refractivity contribution in [2.75, 3.05) is 9.80 Å². The van der Waals surface area contributed by atoms with Gasteiger partial charge in [0.1, 0.15) is 5.82 Å². The van der Waals surface area contributed by atoms with E-state index in [1.54, 1.807) is 0 Å². The summed E-state index contributed by atoms with van der Waals surface area (Å²) in [4.78, 5) is 9.67. The normalized spacial score (nSPS) is 13.2. The van der Waals surface area contributed by atoms with Crippen molar-refractivity contribution in [2.45, 2.75) is 132 Å². The topological polar surface area (TPSA) is 33.5 Å². The Kier molecular flexibility index (Phi) is 15.0. The van der Waals surface area contributed by atoms with Crippen LogP contribution >= 0.6 is 0 Å². The van der Waals surface area contributed by atoms with E-state index in [4.69, 9.17) is 9.72 Å². The average molecular weight is 1250 g/mol. The summed E-state index contributed by atoms with van der Waals surface area (Å²) in [6.45, 7) is 36.8. The van der Waals surface area contributed by atoms with Gasteiger partial charge in [0.15, 0.2) is 0 Å². The predicted molar refractivity (Wildman–Crippen MR) is 338 cm³/mol. The molecule has 0 spiro atoms. The van der Waals surface area contributed by atoms with Crippen LogP contribution in [-0.4, -0.2) is 9.55 Å². The first-order chi connectivity index (χ1) is 37.8. The first-order valence-corrected chi connectivity index (χ1v) is 28.5. The number of aromatic nitrogens is 2. The fraction of sp³-hybridized carbons (Fsp3) is 0.280. The molecule has 3 heterocycles. The minimum Gasteiger partial charge on any atom is -0.509 e. The quantitative estimate of drug-likeness (QED) is 0.135. The molecule has 0 aliphatic carbocycles. The van der Waals surface area contributed by atoms with Gasteiger partial charge < -0.3 is 19.1 Å². The Morgan fingerprint density at radius 3 is 1.74 bits per heavy atom. The van der Waals surface area contributed by atoms with Gasteiger partial charge in [-0.05, 0) is 131 Å². The van der Waals surface area contributed by atoms with Crippen molar-refractivity contribution >= 4 is 44.6 Å². The van der Waals surface area contributed by atoms with Crippen LogP contribution in [0.4, 0.5) is 22.7 Å². The molecule has 0 amide bonds. The summed E-state index contributed by atoms with van der Waals surface area (Å²) >= 11 is 0. The number of fused-ring (bicyclic) bond motifs is 4. The molecule has 0 radical (unpaired) electrons. The predicted octanol–water partition coefficient (Wildman–Crippen LogP) is 20.8. The summed E-state index contributed by atoms with van der Waals surface area (Å²) in [5.74, 6) is 2.04. The smallest absolute Gasteiger partial charge is 0.135 e. The van der Waals surface area contributed by atoms with Gasteiger partial charge in [0.05, 0.1) is 0 Å². The molecule has 0 saturated carbocycles. The molecule has 1 aliphatic rings. The van der Waals surface area contributed by atoms with Crippen LogP contribution in [0, 0.1) is 24.2 Å². The van der Waals surface area contributed by atoms with E-state index in [1.165, 1.54) is 55.6 Å². The largest absolute Gasteiger partial charge is 0.509 e. The molecular weight excluding hydrogens is 1170 g/mol. The van der Waals surface area contributed by atoms with Gasteiger partial charge in [0.25, 0.3) is 0 Å². The van der Waals surface area contributed by atoms with Crippen LogP contribution in [-0.2, 0) is 49.1 Å². The molecular formula is C75H77N4OPt-3. The molecule has 6 heteroatoms. The summed E-state index contributed by atoms with van der Waals surface area (Å²) in [6, 6.07) is 69.7. The standard InChI is InChI=1S/C75H77N4O.Pt/c1-71(2,3)47-49-31-38-66-68(41-49)78(48-77(66)54-23-22-24-55(45-54)80-56-36-37-60-59-27-18-21-30-65(59)79(67(60)46-56)69-44-52(39-40-76-69)72(4,5)6)70-61(51-34-32-50(33-35-51)57-25-16-19-28-63(57)74(10,11)12)42-53(73(7,8)9)43-62(70)58-26-17-20-29-64(58)75(13,14)15;/h16-44,48H,47H2,1-15H3;/q-3;. The summed E-state index contributed by atoms with van der Waals surface area (Å²) in [7, 11) is 0. The van der Waals surface area contributed by atoms with Crippen LogP contribution in [0.2, 0.25) is 0 Å². The van der Waals surface area contributed by atoms with Crippen molar-refractivity contribution in [1.82, 2.24) is 9.55 Å². The van der Waals surface area contributed by atoms with E-state index in [9.17, 15) is 0 Å². The van der Waals surface area contributed by atoms with Crippen LogP contribution in [0.25, 0.3) is 61.0 Å². The number of ether oxygens (including phenoxy) is 1. The van der Waals surface area contributed by atoms with Crippen LogP contribution in [0.15, 0.2) is 176 Å². The maximum atomic E-state index is 6.84. The Morgan fingerprint density at radius 2 is 1.07 bits per heavy atom. The minimum absolute atomic E-state index is 0. The van der Waals surface area contributed by atoms with Gasteiger partial charge in [-0.15, -0.1) is 48.1 Å². The second-order valence-corrected chi connectivity index (χ2v) is 27.3. The van der Waals surface area contributed by atoms with Gasteiger partial charge in [-0.2, -0.15) is 12.1 Å². The molecule has 0 atom stereocenters. The number of nitrogens with zero attached hydrogens (tertiary/aromatic N) is 4. The number of rotatable bonds is 9. The number of para-hydroxylation sites is 1. The summed E-state index contributed by atoms with van der Waals surface area (Å²) < 4.78 is 9.05. The van der Waals surface area contributed by atoms with Gasteiger partial charge in [0, 0.05) is 72.5 Å². The van der Waals surface area contributed by atoms with Crippen molar-refractivity contribution in [3.05, 3.63) is 223 Å². The van der Waals surface area contributed by atoms with Crippen molar-refractivity contribution in [3.63, 3.8) is 0 Å². The summed E-state index contributed by atoms with van der Waals surface area (Å²) in [5.41, 5.74) is 19.5. The molecule has 10 aromatic rings. The molecule has 0 saturated heterocycles. The monoisotopic (exact) mass is 1240 g/mol. The molecule has 416 valence electrons. The molecule has 8 aromatic carbocycles. The molecule has 0 bridgehead atoms. The molecule has 81 heavy (non-hydrogen) atoms. The van der Waals surface area contributed by atoms with Crippen molar-refractivity contribution < 1.29 is 25.8 Å². The van der Waals surface area contributed by atoms with Gasteiger partial charge in [-0.1, -0.05) is 206 Å². The van der Waals surface area contributed by atoms with E-state index in [2.05, 4.69) is 295 Å². The SMILES string of the molecule is CC(C)(C)Cc1ccc2c(c1)N(c1c(-c3ccc(-c4ccccc4C(C)(C)C)cc3)cc(C(C)(C)C)cc1-c1ccccc1C(C)(C)C)[CH-]N2c1[c-]c(Oc2[c-]c3c(cc2)c2ccccc2n3-c2cc(C(C)(C)C)ccn2)ccc1.[Pt]. The Hall–Kier alpha value is -7.20. The van der Waals surface area contributed by atoms with Crippen molar-refractivity contribution in [2.24, 2.45) is 5.41 Å². The van der Waals surface area contributed by atoms with E-state index in [0.717, 1.165) is 62.4 Å². The van der Waals surface area contributed by atoms with E-state index < -0.39 is 0 Å². The molecule has 0 fully saturated rings. The zero-order valence-corrected chi connectivity index (χ0v) is 52.3. The van der Waals surface area contributed by atoms with Gasteiger partial charge >= 0.3 is 0 Å². The number of anilines is 4. The average Bonchev–Trinajstić information content (AvgIpc) is 4.03. The maximum Gasteiger partial charge on any atom is 0.135 e. The van der Waals surface area contributed by atoms with Gasteiger partial charge in [-0.3, -0.25) is 0 Å². The van der Waals surface area contributed by atoms with Crippen LogP contribution in [0.5, 0.6) is 11.5 Å².